The van der Waals surface area contributed by atoms with Crippen LogP contribution in [0.5, 0.6) is 0 Å². The van der Waals surface area contributed by atoms with Gasteiger partial charge in [-0.1, -0.05) is 0 Å². The number of pyridine rings is 1. The van der Waals surface area contributed by atoms with Gasteiger partial charge in [-0.3, -0.25) is 0 Å². The van der Waals surface area contributed by atoms with Crippen molar-refractivity contribution in [2.75, 3.05) is 0 Å². The maximum Gasteiger partial charge on any atom is 0.464 e. The molecule has 0 unspecified atom stereocenters. The molecule has 0 saturated heterocycles. The first-order valence-corrected chi connectivity index (χ1v) is 3.40. The Kier molecular flexibility index (Phi) is 2.34. The average molecular weight is 213 g/mol. The first-order valence-electron chi connectivity index (χ1n) is 3.40. The van der Waals surface area contributed by atoms with Gasteiger partial charge in [-0.2, -0.15) is 26.7 Å². The maximum absolute atomic E-state index is 12.6. The molecular weight excluding hydrogens is 209 g/mol. The third kappa shape index (κ3) is 1.61. The smallest absolute Gasteiger partial charge is 0.464 e. The molecule has 0 saturated carbocycles. The summed E-state index contributed by atoms with van der Waals surface area (Å²) in [6.07, 6.45) is -5.19. The zero-order valence-corrected chi connectivity index (χ0v) is 6.55. The van der Waals surface area contributed by atoms with Crippen LogP contribution in [0.1, 0.15) is 5.69 Å². The van der Waals surface area contributed by atoms with E-state index in [2.05, 4.69) is 0 Å². The van der Waals surface area contributed by atoms with Gasteiger partial charge >= 0.3 is 12.1 Å². The molecule has 0 fully saturated rings. The summed E-state index contributed by atoms with van der Waals surface area (Å²) in [5.74, 6) is -5.13. The van der Waals surface area contributed by atoms with E-state index < -0.39 is 22.5 Å². The monoisotopic (exact) mass is 213 g/mol. The Morgan fingerprint density at radius 2 is 1.64 bits per heavy atom. The van der Waals surface area contributed by atoms with Gasteiger partial charge in [0.25, 0.3) is 5.69 Å². The van der Waals surface area contributed by atoms with E-state index in [0.29, 0.717) is 12.3 Å². The van der Waals surface area contributed by atoms with Gasteiger partial charge in [0.2, 0.25) is 0 Å². The summed E-state index contributed by atoms with van der Waals surface area (Å²) in [5.41, 5.74) is -1.63. The quantitative estimate of drug-likeness (QED) is 0.398. The largest absolute Gasteiger partial charge is 0.618 e. The Morgan fingerprint density at radius 1 is 1.07 bits per heavy atom. The van der Waals surface area contributed by atoms with Crippen LogP contribution in [-0.4, -0.2) is 6.18 Å². The van der Waals surface area contributed by atoms with E-state index in [1.165, 1.54) is 0 Å². The molecule has 0 N–H and O–H groups in total. The number of halogens is 5. The van der Waals surface area contributed by atoms with Crippen LogP contribution in [0.3, 0.4) is 0 Å². The van der Waals surface area contributed by atoms with Crippen LogP contribution in [0, 0.1) is 5.21 Å². The second-order valence-electron chi connectivity index (χ2n) is 2.48. The fraction of sp³-hybridized carbons (Fsp3) is 0.286. The highest BCUT2D eigenvalue weighted by molar-refractivity contribution is 5.06. The third-order valence-electron chi connectivity index (χ3n) is 1.50. The van der Waals surface area contributed by atoms with Crippen molar-refractivity contribution in [3.05, 3.63) is 35.3 Å². The van der Waals surface area contributed by atoms with E-state index in [1.54, 1.807) is 0 Å². The predicted octanol–water partition coefficient (Wildman–Crippen LogP) is 1.97. The summed E-state index contributed by atoms with van der Waals surface area (Å²) in [6, 6.07) is 2.42. The van der Waals surface area contributed by atoms with E-state index in [-0.39, 0.29) is 0 Å². The second-order valence-corrected chi connectivity index (χ2v) is 2.48. The Bertz CT molecular complexity index is 335. The number of nitrogens with zero attached hydrogens (tertiary/aromatic N) is 1. The minimum absolute atomic E-state index is 0.431. The van der Waals surface area contributed by atoms with Gasteiger partial charge in [0.05, 0.1) is 0 Å². The molecule has 0 aliphatic heterocycles. The van der Waals surface area contributed by atoms with Crippen LogP contribution >= 0.6 is 0 Å². The van der Waals surface area contributed by atoms with Crippen molar-refractivity contribution in [2.45, 2.75) is 12.1 Å². The van der Waals surface area contributed by atoms with Gasteiger partial charge in [-0.05, 0) is 6.07 Å². The molecular formula is C7H4F5NO. The second kappa shape index (κ2) is 3.07. The first kappa shape index (κ1) is 10.7. The van der Waals surface area contributed by atoms with Crippen molar-refractivity contribution >= 4 is 0 Å². The van der Waals surface area contributed by atoms with Crippen LogP contribution < -0.4 is 4.73 Å². The molecule has 14 heavy (non-hydrogen) atoms. The molecule has 0 aliphatic carbocycles. The van der Waals surface area contributed by atoms with Gasteiger partial charge in [0, 0.05) is 12.1 Å². The van der Waals surface area contributed by atoms with Crippen molar-refractivity contribution in [3.63, 3.8) is 0 Å². The van der Waals surface area contributed by atoms with Gasteiger partial charge in [-0.15, -0.1) is 0 Å². The molecule has 2 nitrogen and oxygen atoms in total. The first-order chi connectivity index (χ1) is 6.27. The number of aromatic nitrogens is 1. The standard InChI is InChI=1S/C7H4F5NO/c8-6(9,7(10,11)12)5-3-1-2-4-13(5)14/h1-4H. The molecule has 7 heteroatoms. The van der Waals surface area contributed by atoms with Crippen molar-refractivity contribution in [3.8, 4) is 0 Å². The maximum atomic E-state index is 12.6. The molecule has 1 heterocycles. The zero-order valence-electron chi connectivity index (χ0n) is 6.55. The van der Waals surface area contributed by atoms with Crippen molar-refractivity contribution in [1.29, 1.82) is 0 Å². The number of rotatable bonds is 1. The highest BCUT2D eigenvalue weighted by Gasteiger charge is 2.63. The highest BCUT2D eigenvalue weighted by Crippen LogP contribution is 2.42. The Balaban J connectivity index is 3.23. The minimum atomic E-state index is -5.76. The average Bonchev–Trinajstić information content (AvgIpc) is 2.02. The molecule has 0 radical (unpaired) electrons. The molecule has 0 atom stereocenters. The number of hydrogen-bond acceptors (Lipinski definition) is 1. The van der Waals surface area contributed by atoms with Gasteiger partial charge in [-0.25, -0.2) is 0 Å². The lowest BCUT2D eigenvalue weighted by Gasteiger charge is -2.17. The van der Waals surface area contributed by atoms with Crippen LogP contribution in [0.15, 0.2) is 24.4 Å². The lowest BCUT2D eigenvalue weighted by atomic mass is 10.2. The molecule has 78 valence electrons. The normalized spacial score (nSPS) is 12.9. The minimum Gasteiger partial charge on any atom is -0.618 e. The summed E-state index contributed by atoms with van der Waals surface area (Å²) >= 11 is 0. The van der Waals surface area contributed by atoms with Crippen LogP contribution in [0.4, 0.5) is 22.0 Å². The van der Waals surface area contributed by atoms with Crippen molar-refractivity contribution in [1.82, 2.24) is 0 Å². The van der Waals surface area contributed by atoms with Gasteiger partial charge in [0.1, 0.15) is 0 Å². The molecule has 1 aromatic rings. The summed E-state index contributed by atoms with van der Waals surface area (Å²) in [7, 11) is 0. The van der Waals surface area contributed by atoms with E-state index in [9.17, 15) is 27.2 Å². The van der Waals surface area contributed by atoms with Crippen molar-refractivity contribution < 1.29 is 26.7 Å². The topological polar surface area (TPSA) is 26.9 Å². The molecule has 0 aliphatic rings. The fourth-order valence-electron chi connectivity index (χ4n) is 0.817. The van der Waals surface area contributed by atoms with Crippen molar-refractivity contribution in [2.24, 2.45) is 0 Å². The highest BCUT2D eigenvalue weighted by atomic mass is 19.4. The van der Waals surface area contributed by atoms with Crippen LogP contribution in [0.2, 0.25) is 0 Å². The molecule has 0 spiro atoms. The fourth-order valence-corrected chi connectivity index (χ4v) is 0.817. The SMILES string of the molecule is [O-][n+]1ccccc1C(F)(F)C(F)(F)F. The molecule has 1 aromatic heterocycles. The van der Waals surface area contributed by atoms with Crippen LogP contribution in [0.25, 0.3) is 0 Å². The van der Waals surface area contributed by atoms with E-state index in [0.717, 1.165) is 12.1 Å². The number of hydrogen-bond donors (Lipinski definition) is 0. The Hall–Kier alpha value is -1.40. The lowest BCUT2D eigenvalue weighted by molar-refractivity contribution is -0.630. The Morgan fingerprint density at radius 3 is 2.07 bits per heavy atom. The van der Waals surface area contributed by atoms with E-state index >= 15 is 0 Å². The summed E-state index contributed by atoms with van der Waals surface area (Å²) in [5, 5.41) is 10.6. The lowest BCUT2D eigenvalue weighted by Crippen LogP contribution is -2.45. The predicted molar refractivity (Wildman–Crippen MR) is 35.4 cm³/mol. The third-order valence-corrected chi connectivity index (χ3v) is 1.50. The zero-order chi connectivity index (χ0) is 11.0. The van der Waals surface area contributed by atoms with Gasteiger partial charge in [0.15, 0.2) is 6.20 Å². The molecule has 1 rings (SSSR count). The summed E-state index contributed by atoms with van der Waals surface area (Å²) in [6.45, 7) is 0. The molecule has 0 amide bonds. The number of alkyl halides is 5. The van der Waals surface area contributed by atoms with E-state index in [4.69, 9.17) is 0 Å². The molecule has 0 aromatic carbocycles. The van der Waals surface area contributed by atoms with E-state index in [1.807, 2.05) is 0 Å². The Labute approximate surface area is 75.2 Å². The summed E-state index contributed by atoms with van der Waals surface area (Å²) < 4.78 is 60.0. The molecule has 0 bridgehead atoms. The van der Waals surface area contributed by atoms with Crippen LogP contribution in [-0.2, 0) is 5.92 Å². The summed E-state index contributed by atoms with van der Waals surface area (Å²) in [4.78, 5) is 0. The van der Waals surface area contributed by atoms with Gasteiger partial charge < -0.3 is 5.21 Å².